The van der Waals surface area contributed by atoms with E-state index in [0.29, 0.717) is 0 Å². The Kier molecular flexibility index (Phi) is 4.99. The Morgan fingerprint density at radius 2 is 2.15 bits per heavy atom. The molecule has 0 rings (SSSR count). The number of nitrogens with two attached hydrogens (primary N) is 1. The minimum absolute atomic E-state index is 0.00474. The fourth-order valence-electron chi connectivity index (χ4n) is 0.695. The van der Waals surface area contributed by atoms with E-state index < -0.39 is 18.0 Å². The highest BCUT2D eigenvalue weighted by Gasteiger charge is 2.22. The maximum Gasteiger partial charge on any atom is 0.337 e. The number of carbonyl (C=O) groups excluding carboxylic acids is 2. The third kappa shape index (κ3) is 3.85. The first-order valence-electron chi connectivity index (χ1n) is 4.16. The van der Waals surface area contributed by atoms with Gasteiger partial charge in [0.25, 0.3) is 0 Å². The van der Waals surface area contributed by atoms with Crippen LogP contribution in [-0.4, -0.2) is 18.0 Å². The van der Waals surface area contributed by atoms with Gasteiger partial charge in [0.1, 0.15) is 6.04 Å². The fraction of sp³-hybridized carbons (Fsp3) is 0.556. The third-order valence-corrected chi connectivity index (χ3v) is 1.90. The van der Waals surface area contributed by atoms with E-state index in [1.165, 1.54) is 0 Å². The highest BCUT2D eigenvalue weighted by atomic mass is 16.6. The van der Waals surface area contributed by atoms with Crippen LogP contribution in [0.25, 0.3) is 0 Å². The summed E-state index contributed by atoms with van der Waals surface area (Å²) in [6.45, 7) is 6.90. The van der Waals surface area contributed by atoms with Gasteiger partial charge < -0.3 is 10.5 Å². The van der Waals surface area contributed by atoms with Crippen molar-refractivity contribution in [2.24, 2.45) is 11.7 Å². The lowest BCUT2D eigenvalue weighted by Crippen LogP contribution is -2.38. The summed E-state index contributed by atoms with van der Waals surface area (Å²) in [7, 11) is 0. The van der Waals surface area contributed by atoms with Gasteiger partial charge in [-0.2, -0.15) is 0 Å². The van der Waals surface area contributed by atoms with E-state index in [9.17, 15) is 9.59 Å². The zero-order valence-corrected chi connectivity index (χ0v) is 7.95. The van der Waals surface area contributed by atoms with Crippen LogP contribution in [0, 0.1) is 5.92 Å². The Hall–Kier alpha value is -1.16. The van der Waals surface area contributed by atoms with Gasteiger partial charge in [-0.1, -0.05) is 26.8 Å². The summed E-state index contributed by atoms with van der Waals surface area (Å²) >= 11 is 0. The van der Waals surface area contributed by atoms with Crippen LogP contribution in [0.3, 0.4) is 0 Å². The topological polar surface area (TPSA) is 69.4 Å². The number of esters is 2. The molecule has 0 saturated heterocycles. The normalized spacial score (nSPS) is 14.4. The summed E-state index contributed by atoms with van der Waals surface area (Å²) in [4.78, 5) is 21.7. The molecule has 4 nitrogen and oxygen atoms in total. The minimum atomic E-state index is -0.760. The Labute approximate surface area is 77.7 Å². The Bertz CT molecular complexity index is 213. The third-order valence-electron chi connectivity index (χ3n) is 1.90. The van der Waals surface area contributed by atoms with Crippen molar-refractivity contribution in [3.8, 4) is 0 Å². The highest BCUT2D eigenvalue weighted by molar-refractivity contribution is 5.93. The smallest absolute Gasteiger partial charge is 0.337 e. The second kappa shape index (κ2) is 5.48. The second-order valence-electron chi connectivity index (χ2n) is 2.86. The standard InChI is InChI=1S/C9H15NO3/c1-4-6(3)8(10)9(12)13-7(11)5-2/h5-6,8H,2,4,10H2,1,3H3/t6-,8-/m0/s1. The first-order valence-corrected chi connectivity index (χ1v) is 4.16. The van der Waals surface area contributed by atoms with Gasteiger partial charge in [-0.05, 0) is 5.92 Å². The lowest BCUT2D eigenvalue weighted by atomic mass is 10.0. The molecule has 0 heterocycles. The lowest BCUT2D eigenvalue weighted by Gasteiger charge is -2.15. The maximum atomic E-state index is 11.1. The van der Waals surface area contributed by atoms with Crippen molar-refractivity contribution in [2.45, 2.75) is 26.3 Å². The number of hydrogen-bond acceptors (Lipinski definition) is 4. The van der Waals surface area contributed by atoms with Gasteiger partial charge in [0.05, 0.1) is 0 Å². The average molecular weight is 185 g/mol. The molecule has 2 atom stereocenters. The molecule has 0 aromatic carbocycles. The van der Waals surface area contributed by atoms with Crippen LogP contribution in [0.2, 0.25) is 0 Å². The van der Waals surface area contributed by atoms with Crippen molar-refractivity contribution in [1.29, 1.82) is 0 Å². The number of rotatable bonds is 4. The molecule has 4 heteroatoms. The largest absolute Gasteiger partial charge is 0.389 e. The van der Waals surface area contributed by atoms with E-state index in [2.05, 4.69) is 11.3 Å². The molecule has 0 radical (unpaired) electrons. The molecule has 2 N–H and O–H groups in total. The first-order chi connectivity index (χ1) is 6.02. The van der Waals surface area contributed by atoms with Gasteiger partial charge in [0.15, 0.2) is 0 Å². The predicted octanol–water partition coefficient (Wildman–Crippen LogP) is 0.616. The van der Waals surface area contributed by atoms with Crippen molar-refractivity contribution in [2.75, 3.05) is 0 Å². The Balaban J connectivity index is 4.10. The van der Waals surface area contributed by atoms with Crippen molar-refractivity contribution < 1.29 is 14.3 Å². The van der Waals surface area contributed by atoms with Gasteiger partial charge in [-0.25, -0.2) is 9.59 Å². The van der Waals surface area contributed by atoms with Gasteiger partial charge in [-0.15, -0.1) is 0 Å². The van der Waals surface area contributed by atoms with Crippen LogP contribution in [0.1, 0.15) is 20.3 Å². The Morgan fingerprint density at radius 1 is 1.62 bits per heavy atom. The van der Waals surface area contributed by atoms with Crippen LogP contribution >= 0.6 is 0 Å². The summed E-state index contributed by atoms with van der Waals surface area (Å²) < 4.78 is 4.36. The summed E-state index contributed by atoms with van der Waals surface area (Å²) in [5.74, 6) is -1.45. The minimum Gasteiger partial charge on any atom is -0.389 e. The molecule has 0 amide bonds. The Morgan fingerprint density at radius 3 is 2.54 bits per heavy atom. The first kappa shape index (κ1) is 11.8. The second-order valence-corrected chi connectivity index (χ2v) is 2.86. The van der Waals surface area contributed by atoms with E-state index in [1.807, 2.05) is 13.8 Å². The SMILES string of the molecule is C=CC(=O)OC(=O)[C@@H](N)[C@@H](C)CC. The van der Waals surface area contributed by atoms with Crippen molar-refractivity contribution in [1.82, 2.24) is 0 Å². The monoisotopic (exact) mass is 185 g/mol. The number of ether oxygens (including phenoxy) is 1. The zero-order valence-electron chi connectivity index (χ0n) is 7.95. The zero-order chi connectivity index (χ0) is 10.4. The molecule has 0 saturated carbocycles. The van der Waals surface area contributed by atoms with E-state index in [4.69, 9.17) is 5.73 Å². The van der Waals surface area contributed by atoms with Crippen LogP contribution in [-0.2, 0) is 14.3 Å². The molecule has 74 valence electrons. The molecule has 13 heavy (non-hydrogen) atoms. The van der Waals surface area contributed by atoms with Crippen LogP contribution in [0.4, 0.5) is 0 Å². The lowest BCUT2D eigenvalue weighted by molar-refractivity contribution is -0.158. The van der Waals surface area contributed by atoms with Gasteiger partial charge in [0.2, 0.25) is 0 Å². The van der Waals surface area contributed by atoms with E-state index in [0.717, 1.165) is 12.5 Å². The summed E-state index contributed by atoms with van der Waals surface area (Å²) in [5, 5.41) is 0. The summed E-state index contributed by atoms with van der Waals surface area (Å²) in [6, 6.07) is -0.742. The molecular formula is C9H15NO3. The van der Waals surface area contributed by atoms with Crippen LogP contribution < -0.4 is 5.73 Å². The molecule has 0 aromatic rings. The number of hydrogen-bond donors (Lipinski definition) is 1. The molecule has 0 aliphatic carbocycles. The quantitative estimate of drug-likeness (QED) is 0.396. The molecule has 0 unspecified atom stereocenters. The molecule has 0 aliphatic heterocycles. The van der Waals surface area contributed by atoms with Crippen molar-refractivity contribution >= 4 is 11.9 Å². The number of carbonyl (C=O) groups is 2. The summed E-state index contributed by atoms with van der Waals surface area (Å²) in [5.41, 5.74) is 5.51. The van der Waals surface area contributed by atoms with Gasteiger partial charge >= 0.3 is 11.9 Å². The van der Waals surface area contributed by atoms with E-state index in [1.54, 1.807) is 0 Å². The van der Waals surface area contributed by atoms with Gasteiger partial charge in [0, 0.05) is 6.08 Å². The van der Waals surface area contributed by atoms with Gasteiger partial charge in [-0.3, -0.25) is 0 Å². The molecule has 0 aliphatic rings. The molecule has 0 fully saturated rings. The summed E-state index contributed by atoms with van der Waals surface area (Å²) in [6.07, 6.45) is 1.69. The molecule has 0 bridgehead atoms. The van der Waals surface area contributed by atoms with Crippen LogP contribution in [0.5, 0.6) is 0 Å². The van der Waals surface area contributed by atoms with Crippen LogP contribution in [0.15, 0.2) is 12.7 Å². The van der Waals surface area contributed by atoms with Crippen molar-refractivity contribution in [3.05, 3.63) is 12.7 Å². The fourth-order valence-corrected chi connectivity index (χ4v) is 0.695. The molecule has 0 aromatic heterocycles. The maximum absolute atomic E-state index is 11.1. The van der Waals surface area contributed by atoms with E-state index in [-0.39, 0.29) is 5.92 Å². The van der Waals surface area contributed by atoms with Crippen molar-refractivity contribution in [3.63, 3.8) is 0 Å². The highest BCUT2D eigenvalue weighted by Crippen LogP contribution is 2.06. The molecule has 0 spiro atoms. The average Bonchev–Trinajstić information content (AvgIpc) is 2.14. The molecular weight excluding hydrogens is 170 g/mol. The van der Waals surface area contributed by atoms with E-state index >= 15 is 0 Å². The predicted molar refractivity (Wildman–Crippen MR) is 48.7 cm³/mol.